The van der Waals surface area contributed by atoms with Crippen molar-refractivity contribution >= 4 is 21.7 Å². The normalized spacial score (nSPS) is 28.4. The first-order valence-electron chi connectivity index (χ1n) is 7.52. The predicted octanol–water partition coefficient (Wildman–Crippen LogP) is 0.281. The van der Waals surface area contributed by atoms with E-state index in [1.165, 1.54) is 4.90 Å². The van der Waals surface area contributed by atoms with Crippen molar-refractivity contribution in [1.29, 1.82) is 0 Å². The van der Waals surface area contributed by atoms with E-state index in [0.29, 0.717) is 18.9 Å². The molecule has 0 radical (unpaired) electrons. The van der Waals surface area contributed by atoms with Gasteiger partial charge in [-0.3, -0.25) is 9.59 Å². The highest BCUT2D eigenvalue weighted by Crippen LogP contribution is 2.19. The van der Waals surface area contributed by atoms with Gasteiger partial charge in [0.2, 0.25) is 11.8 Å². The lowest BCUT2D eigenvalue weighted by Gasteiger charge is -2.31. The molecule has 2 amide bonds. The molecule has 120 valence electrons. The van der Waals surface area contributed by atoms with Gasteiger partial charge < -0.3 is 9.80 Å². The molecule has 21 heavy (non-hydrogen) atoms. The molecule has 0 aromatic carbocycles. The van der Waals surface area contributed by atoms with Crippen LogP contribution >= 0.6 is 0 Å². The highest BCUT2D eigenvalue weighted by atomic mass is 32.2. The second-order valence-electron chi connectivity index (χ2n) is 6.33. The van der Waals surface area contributed by atoms with E-state index in [2.05, 4.69) is 6.92 Å². The molecule has 0 aromatic heterocycles. The summed E-state index contributed by atoms with van der Waals surface area (Å²) >= 11 is 0. The minimum Gasteiger partial charge on any atom is -0.342 e. The standard InChI is InChI=1S/C14H24N2O4S/c1-11-4-3-6-16(9-11)14(18)8-13(17)15(2)12-5-7-21(19,20)10-12/h11-12H,3-10H2,1-2H3. The van der Waals surface area contributed by atoms with E-state index in [9.17, 15) is 18.0 Å². The Morgan fingerprint density at radius 3 is 2.57 bits per heavy atom. The van der Waals surface area contributed by atoms with Crippen molar-refractivity contribution < 1.29 is 18.0 Å². The number of sulfone groups is 1. The second kappa shape index (κ2) is 6.34. The van der Waals surface area contributed by atoms with Gasteiger partial charge in [0.1, 0.15) is 6.42 Å². The molecule has 0 N–H and O–H groups in total. The minimum atomic E-state index is -3.02. The molecule has 0 bridgehead atoms. The molecule has 0 aromatic rings. The van der Waals surface area contributed by atoms with Crippen LogP contribution < -0.4 is 0 Å². The highest BCUT2D eigenvalue weighted by Gasteiger charge is 2.33. The molecular weight excluding hydrogens is 292 g/mol. The molecule has 2 atom stereocenters. The molecular formula is C14H24N2O4S. The van der Waals surface area contributed by atoms with Gasteiger partial charge in [0.05, 0.1) is 11.5 Å². The summed E-state index contributed by atoms with van der Waals surface area (Å²) in [7, 11) is -1.42. The van der Waals surface area contributed by atoms with E-state index < -0.39 is 9.84 Å². The molecule has 2 rings (SSSR count). The molecule has 0 spiro atoms. The van der Waals surface area contributed by atoms with Gasteiger partial charge in [-0.05, 0) is 25.2 Å². The van der Waals surface area contributed by atoms with Crippen molar-refractivity contribution in [1.82, 2.24) is 9.80 Å². The van der Waals surface area contributed by atoms with Crippen molar-refractivity contribution in [2.75, 3.05) is 31.6 Å². The fraction of sp³-hybridized carbons (Fsp3) is 0.857. The van der Waals surface area contributed by atoms with Crippen LogP contribution in [0.25, 0.3) is 0 Å². The lowest BCUT2D eigenvalue weighted by Crippen LogP contribution is -2.44. The number of hydrogen-bond donors (Lipinski definition) is 0. The first kappa shape index (κ1) is 16.3. The van der Waals surface area contributed by atoms with E-state index in [1.54, 1.807) is 11.9 Å². The van der Waals surface area contributed by atoms with Crippen LogP contribution in [0.5, 0.6) is 0 Å². The number of likely N-dealkylation sites (tertiary alicyclic amines) is 1. The number of hydrogen-bond acceptors (Lipinski definition) is 4. The summed E-state index contributed by atoms with van der Waals surface area (Å²) in [5.74, 6) is 0.215. The van der Waals surface area contributed by atoms with Crippen LogP contribution in [0.1, 0.15) is 32.6 Å². The van der Waals surface area contributed by atoms with Crippen LogP contribution in [0.4, 0.5) is 0 Å². The summed E-state index contributed by atoms with van der Waals surface area (Å²) in [6, 6.07) is -0.282. The molecule has 6 nitrogen and oxygen atoms in total. The molecule has 2 heterocycles. The quantitative estimate of drug-likeness (QED) is 0.701. The third kappa shape index (κ3) is 4.18. The van der Waals surface area contributed by atoms with Gasteiger partial charge in [0, 0.05) is 26.2 Å². The SMILES string of the molecule is CC1CCCN(C(=O)CC(=O)N(C)C2CCS(=O)(=O)C2)C1. The Balaban J connectivity index is 1.87. The summed E-state index contributed by atoms with van der Waals surface area (Å²) in [5, 5.41) is 0. The van der Waals surface area contributed by atoms with Crippen LogP contribution in [0.3, 0.4) is 0 Å². The van der Waals surface area contributed by atoms with Crippen molar-refractivity contribution in [3.05, 3.63) is 0 Å². The largest absolute Gasteiger partial charge is 0.342 e. The Morgan fingerprint density at radius 2 is 2.00 bits per heavy atom. The van der Waals surface area contributed by atoms with E-state index in [0.717, 1.165) is 19.4 Å². The van der Waals surface area contributed by atoms with Gasteiger partial charge in [0.25, 0.3) is 0 Å². The predicted molar refractivity (Wildman–Crippen MR) is 79.4 cm³/mol. The van der Waals surface area contributed by atoms with Crippen LogP contribution in [0, 0.1) is 5.92 Å². The maximum atomic E-state index is 12.2. The molecule has 0 saturated carbocycles. The molecule has 2 fully saturated rings. The first-order chi connectivity index (χ1) is 9.78. The fourth-order valence-corrected chi connectivity index (χ4v) is 4.84. The van der Waals surface area contributed by atoms with Crippen molar-refractivity contribution in [2.24, 2.45) is 5.92 Å². The molecule has 0 aliphatic carbocycles. The number of carbonyl (C=O) groups excluding carboxylic acids is 2. The van der Waals surface area contributed by atoms with Crippen molar-refractivity contribution in [3.8, 4) is 0 Å². The van der Waals surface area contributed by atoms with Crippen LogP contribution in [-0.4, -0.2) is 67.7 Å². The number of rotatable bonds is 3. The summed E-state index contributed by atoms with van der Waals surface area (Å²) in [6.45, 7) is 3.54. The van der Waals surface area contributed by atoms with E-state index >= 15 is 0 Å². The van der Waals surface area contributed by atoms with Crippen molar-refractivity contribution in [2.45, 2.75) is 38.6 Å². The topological polar surface area (TPSA) is 74.8 Å². The first-order valence-corrected chi connectivity index (χ1v) is 9.34. The van der Waals surface area contributed by atoms with Gasteiger partial charge >= 0.3 is 0 Å². The minimum absolute atomic E-state index is 0.0180. The average Bonchev–Trinajstić information content (AvgIpc) is 2.78. The lowest BCUT2D eigenvalue weighted by atomic mass is 10.00. The number of carbonyl (C=O) groups is 2. The highest BCUT2D eigenvalue weighted by molar-refractivity contribution is 7.91. The van der Waals surface area contributed by atoms with Gasteiger partial charge in [-0.25, -0.2) is 8.42 Å². The summed E-state index contributed by atoms with van der Waals surface area (Å²) in [5.41, 5.74) is 0. The summed E-state index contributed by atoms with van der Waals surface area (Å²) in [6.07, 6.45) is 2.43. The Bertz CT molecular complexity index is 517. The van der Waals surface area contributed by atoms with Gasteiger partial charge in [0.15, 0.2) is 9.84 Å². The smallest absolute Gasteiger partial charge is 0.232 e. The van der Waals surface area contributed by atoms with E-state index in [1.807, 2.05) is 0 Å². The number of amides is 2. The number of piperidine rings is 1. The van der Waals surface area contributed by atoms with E-state index in [4.69, 9.17) is 0 Å². The Kier molecular flexibility index (Phi) is 4.91. The zero-order valence-corrected chi connectivity index (χ0v) is 13.6. The molecule has 2 aliphatic rings. The molecule has 7 heteroatoms. The third-order valence-electron chi connectivity index (χ3n) is 4.46. The molecule has 2 saturated heterocycles. The van der Waals surface area contributed by atoms with Gasteiger partial charge in [-0.15, -0.1) is 0 Å². The second-order valence-corrected chi connectivity index (χ2v) is 8.55. The van der Waals surface area contributed by atoms with Gasteiger partial charge in [-0.1, -0.05) is 6.92 Å². The van der Waals surface area contributed by atoms with Crippen LogP contribution in [-0.2, 0) is 19.4 Å². The summed E-state index contributed by atoms with van der Waals surface area (Å²) in [4.78, 5) is 27.5. The van der Waals surface area contributed by atoms with E-state index in [-0.39, 0.29) is 35.8 Å². The molecule has 2 unspecified atom stereocenters. The van der Waals surface area contributed by atoms with Crippen molar-refractivity contribution in [3.63, 3.8) is 0 Å². The Hall–Kier alpha value is -1.11. The van der Waals surface area contributed by atoms with Gasteiger partial charge in [-0.2, -0.15) is 0 Å². The monoisotopic (exact) mass is 316 g/mol. The lowest BCUT2D eigenvalue weighted by molar-refractivity contribution is -0.141. The summed E-state index contributed by atoms with van der Waals surface area (Å²) < 4.78 is 22.9. The maximum Gasteiger partial charge on any atom is 0.232 e. The van der Waals surface area contributed by atoms with Crippen LogP contribution in [0.2, 0.25) is 0 Å². The zero-order chi connectivity index (χ0) is 15.6. The number of nitrogens with zero attached hydrogens (tertiary/aromatic N) is 2. The average molecular weight is 316 g/mol. The third-order valence-corrected chi connectivity index (χ3v) is 6.21. The molecule has 2 aliphatic heterocycles. The Morgan fingerprint density at radius 1 is 1.29 bits per heavy atom. The van der Waals surface area contributed by atoms with Crippen LogP contribution in [0.15, 0.2) is 0 Å². The zero-order valence-electron chi connectivity index (χ0n) is 12.7. The maximum absolute atomic E-state index is 12.2. The fourth-order valence-electron chi connectivity index (χ4n) is 3.07. The Labute approximate surface area is 126 Å².